The Morgan fingerprint density at radius 2 is 1.81 bits per heavy atom. The van der Waals surface area contributed by atoms with Gasteiger partial charge in [0.2, 0.25) is 0 Å². The van der Waals surface area contributed by atoms with Gasteiger partial charge in [0.05, 0.1) is 29.5 Å². The third-order valence-electron chi connectivity index (χ3n) is 7.32. The van der Waals surface area contributed by atoms with Crippen molar-refractivity contribution in [1.29, 1.82) is 0 Å². The highest BCUT2D eigenvalue weighted by atomic mass is 15.3. The molecule has 2 aliphatic heterocycles. The van der Waals surface area contributed by atoms with E-state index in [9.17, 15) is 0 Å². The zero-order valence-electron chi connectivity index (χ0n) is 17.9. The summed E-state index contributed by atoms with van der Waals surface area (Å²) in [7, 11) is 0. The Balaban J connectivity index is 1.17. The molecule has 6 heterocycles. The van der Waals surface area contributed by atoms with Crippen LogP contribution < -0.4 is 0 Å². The topological polar surface area (TPSA) is 51.2 Å². The summed E-state index contributed by atoms with van der Waals surface area (Å²) >= 11 is 0. The van der Waals surface area contributed by atoms with Crippen molar-refractivity contribution < 1.29 is 0 Å². The van der Waals surface area contributed by atoms with Crippen LogP contribution in [0.5, 0.6) is 0 Å². The van der Waals surface area contributed by atoms with E-state index < -0.39 is 0 Å². The summed E-state index contributed by atoms with van der Waals surface area (Å²) in [6.45, 7) is 4.04. The summed E-state index contributed by atoms with van der Waals surface area (Å²) in [4.78, 5) is 11.9. The van der Waals surface area contributed by atoms with E-state index >= 15 is 0 Å². The zero-order chi connectivity index (χ0) is 21.1. The predicted molar refractivity (Wildman–Crippen MR) is 124 cm³/mol. The minimum absolute atomic E-state index is 0.197. The van der Waals surface area contributed by atoms with Gasteiger partial charge in [-0.3, -0.25) is 14.6 Å². The van der Waals surface area contributed by atoms with Crippen molar-refractivity contribution in [2.75, 3.05) is 13.1 Å². The van der Waals surface area contributed by atoms with Crippen LogP contribution in [0.3, 0.4) is 0 Å². The van der Waals surface area contributed by atoms with Crippen LogP contribution in [0.25, 0.3) is 27.7 Å². The Hall–Kier alpha value is -3.51. The normalized spacial score (nSPS) is 20.6. The van der Waals surface area contributed by atoms with Crippen molar-refractivity contribution in [2.24, 2.45) is 0 Å². The molecular formula is C26H24N6. The molecule has 4 aromatic heterocycles. The number of likely N-dealkylation sites (tertiary alicyclic amines) is 1. The summed E-state index contributed by atoms with van der Waals surface area (Å²) in [5.74, 6) is 1.12. The van der Waals surface area contributed by atoms with E-state index in [1.807, 2.05) is 18.5 Å². The lowest BCUT2D eigenvalue weighted by Crippen LogP contribution is -2.29. The van der Waals surface area contributed by atoms with E-state index in [0.29, 0.717) is 0 Å². The molecule has 6 heteroatoms. The number of hydrogen-bond donors (Lipinski definition) is 0. The minimum Gasteiger partial charge on any atom is -0.303 e. The van der Waals surface area contributed by atoms with Gasteiger partial charge in [0.1, 0.15) is 5.82 Å². The molecule has 0 aliphatic carbocycles. The van der Waals surface area contributed by atoms with E-state index in [1.165, 1.54) is 18.5 Å². The molecule has 0 N–H and O–H groups in total. The Morgan fingerprint density at radius 3 is 2.81 bits per heavy atom. The molecule has 1 unspecified atom stereocenters. The molecule has 1 aromatic carbocycles. The lowest BCUT2D eigenvalue weighted by atomic mass is 9.82. The van der Waals surface area contributed by atoms with E-state index in [-0.39, 0.29) is 5.41 Å². The van der Waals surface area contributed by atoms with Crippen molar-refractivity contribution in [2.45, 2.75) is 31.3 Å². The largest absolute Gasteiger partial charge is 0.303 e. The molecule has 7 rings (SSSR count). The van der Waals surface area contributed by atoms with Gasteiger partial charge in [-0.25, -0.2) is 4.98 Å². The van der Waals surface area contributed by atoms with Crippen molar-refractivity contribution >= 4 is 16.4 Å². The van der Waals surface area contributed by atoms with Crippen molar-refractivity contribution in [1.82, 2.24) is 29.0 Å². The lowest BCUT2D eigenvalue weighted by Gasteiger charge is -2.23. The number of hydrogen-bond acceptors (Lipinski definition) is 4. The summed E-state index contributed by atoms with van der Waals surface area (Å²) in [5, 5.41) is 6.13. The number of imidazole rings is 1. The van der Waals surface area contributed by atoms with Crippen LogP contribution in [0.2, 0.25) is 0 Å². The Bertz CT molecular complexity index is 1460. The second-order valence-corrected chi connectivity index (χ2v) is 9.22. The first-order chi connectivity index (χ1) is 15.8. The first kappa shape index (κ1) is 18.1. The molecule has 32 heavy (non-hydrogen) atoms. The van der Waals surface area contributed by atoms with Crippen LogP contribution in [-0.2, 0) is 18.5 Å². The fraction of sp³-hybridized carbons (Fsp3) is 0.269. The standard InChI is InChI=1S/C26H24N6/c1-2-7-22-19(5-1)13-20(15-27-22)23-14-24-26(9-12-32(24)29-23)8-11-30(18-26)17-25-28-16-21-6-3-4-10-31(21)25/h1-7,10,13-16H,8-9,11-12,17-18H2. The third kappa shape index (κ3) is 2.72. The summed E-state index contributed by atoms with van der Waals surface area (Å²) < 4.78 is 4.44. The van der Waals surface area contributed by atoms with Crippen LogP contribution in [0.15, 0.2) is 73.2 Å². The number of pyridine rings is 2. The highest BCUT2D eigenvalue weighted by molar-refractivity contribution is 5.82. The maximum absolute atomic E-state index is 4.97. The number of aryl methyl sites for hydroxylation is 1. The first-order valence-electron chi connectivity index (χ1n) is 11.3. The summed E-state index contributed by atoms with van der Waals surface area (Å²) in [5.41, 5.74) is 5.90. The first-order valence-corrected chi connectivity index (χ1v) is 11.3. The number of nitrogens with zero attached hydrogens (tertiary/aromatic N) is 6. The number of para-hydroxylation sites is 1. The van der Waals surface area contributed by atoms with Crippen LogP contribution in [0.4, 0.5) is 0 Å². The SMILES string of the molecule is c1ccc2ncc(-c3cc4n(n3)CCC43CCN(Cc4ncc5ccccn45)C3)cc2c1. The van der Waals surface area contributed by atoms with Gasteiger partial charge in [0.25, 0.3) is 0 Å². The Morgan fingerprint density at radius 1 is 0.906 bits per heavy atom. The van der Waals surface area contributed by atoms with Crippen molar-refractivity contribution in [3.05, 3.63) is 84.7 Å². The molecule has 0 bridgehead atoms. The van der Waals surface area contributed by atoms with Crippen LogP contribution >= 0.6 is 0 Å². The number of benzene rings is 1. The zero-order valence-corrected chi connectivity index (χ0v) is 17.9. The fourth-order valence-corrected chi connectivity index (χ4v) is 5.64. The molecular weight excluding hydrogens is 396 g/mol. The summed E-state index contributed by atoms with van der Waals surface area (Å²) in [6.07, 6.45) is 8.38. The number of rotatable bonds is 3. The molecule has 0 amide bonds. The molecule has 6 nitrogen and oxygen atoms in total. The molecule has 1 saturated heterocycles. The summed E-state index contributed by atoms with van der Waals surface area (Å²) in [6, 6.07) is 19.0. The molecule has 2 aliphatic rings. The van der Waals surface area contributed by atoms with Gasteiger partial charge in [-0.2, -0.15) is 5.10 Å². The highest BCUT2D eigenvalue weighted by Crippen LogP contribution is 2.44. The number of fused-ring (bicyclic) bond motifs is 4. The molecule has 0 radical (unpaired) electrons. The average molecular weight is 421 g/mol. The monoisotopic (exact) mass is 420 g/mol. The smallest absolute Gasteiger partial charge is 0.127 e. The average Bonchev–Trinajstić information content (AvgIpc) is 3.60. The maximum atomic E-state index is 4.97. The molecule has 0 saturated carbocycles. The van der Waals surface area contributed by atoms with Gasteiger partial charge in [-0.05, 0) is 49.7 Å². The van der Waals surface area contributed by atoms with Gasteiger partial charge in [0, 0.05) is 47.5 Å². The van der Waals surface area contributed by atoms with Gasteiger partial charge in [0.15, 0.2) is 0 Å². The van der Waals surface area contributed by atoms with Crippen LogP contribution in [0, 0.1) is 0 Å². The highest BCUT2D eigenvalue weighted by Gasteiger charge is 2.45. The third-order valence-corrected chi connectivity index (χ3v) is 7.32. The Labute approximate surface area is 186 Å². The van der Waals surface area contributed by atoms with Crippen LogP contribution in [0.1, 0.15) is 24.4 Å². The van der Waals surface area contributed by atoms with Gasteiger partial charge in [-0.1, -0.05) is 24.3 Å². The van der Waals surface area contributed by atoms with E-state index in [1.54, 1.807) is 0 Å². The van der Waals surface area contributed by atoms with Gasteiger partial charge < -0.3 is 4.40 Å². The molecule has 1 fully saturated rings. The predicted octanol–water partition coefficient (Wildman–Crippen LogP) is 4.29. The van der Waals surface area contributed by atoms with E-state index in [2.05, 4.69) is 78.7 Å². The quantitative estimate of drug-likeness (QED) is 0.437. The van der Waals surface area contributed by atoms with Crippen molar-refractivity contribution in [3.63, 3.8) is 0 Å². The Kier molecular flexibility index (Phi) is 3.81. The lowest BCUT2D eigenvalue weighted by molar-refractivity contribution is 0.294. The fourth-order valence-electron chi connectivity index (χ4n) is 5.64. The van der Waals surface area contributed by atoms with Crippen LogP contribution in [-0.4, -0.2) is 42.1 Å². The minimum atomic E-state index is 0.197. The van der Waals surface area contributed by atoms with Gasteiger partial charge in [-0.15, -0.1) is 0 Å². The van der Waals surface area contributed by atoms with Crippen molar-refractivity contribution in [3.8, 4) is 11.3 Å². The molecule has 5 aromatic rings. The second-order valence-electron chi connectivity index (χ2n) is 9.22. The second kappa shape index (κ2) is 6.74. The molecule has 1 spiro atoms. The van der Waals surface area contributed by atoms with E-state index in [0.717, 1.165) is 59.7 Å². The number of aromatic nitrogens is 5. The molecule has 1 atom stereocenters. The molecule has 158 valence electrons. The maximum Gasteiger partial charge on any atom is 0.127 e. The van der Waals surface area contributed by atoms with Gasteiger partial charge >= 0.3 is 0 Å². The van der Waals surface area contributed by atoms with E-state index in [4.69, 9.17) is 5.10 Å².